The first-order valence-corrected chi connectivity index (χ1v) is 9.04. The predicted molar refractivity (Wildman–Crippen MR) is 103 cm³/mol. The van der Waals surface area contributed by atoms with E-state index in [-0.39, 0.29) is 0 Å². The monoisotopic (exact) mass is 324 g/mol. The highest BCUT2D eigenvalue weighted by Gasteiger charge is 2.15. The number of rotatable bonds is 6. The molecule has 0 spiro atoms. The smallest absolute Gasteiger partial charge is 0.126 e. The molecule has 0 saturated heterocycles. The molecular weight excluding hydrogens is 300 g/mol. The Kier molecular flexibility index (Phi) is 5.45. The van der Waals surface area contributed by atoms with Crippen molar-refractivity contribution in [1.29, 1.82) is 0 Å². The molecule has 0 aliphatic heterocycles. The fourth-order valence-electron chi connectivity index (χ4n) is 2.96. The maximum atomic E-state index is 5.53. The van der Waals surface area contributed by atoms with Crippen LogP contribution >= 0.6 is 0 Å². The highest BCUT2D eigenvalue weighted by atomic mass is 28.2. The minimum absolute atomic E-state index is 0.721. The summed E-state index contributed by atoms with van der Waals surface area (Å²) >= 11 is 0. The average molecular weight is 324 g/mol. The van der Waals surface area contributed by atoms with Crippen LogP contribution in [0.15, 0.2) is 49.6 Å². The third-order valence-corrected chi connectivity index (χ3v) is 5.84. The second kappa shape index (κ2) is 7.33. The van der Waals surface area contributed by atoms with Crippen LogP contribution < -0.4 is 19.8 Å². The zero-order valence-electron chi connectivity index (χ0n) is 14.4. The number of allylic oxidation sites excluding steroid dienone is 2. The Hall–Kier alpha value is -2.26. The molecule has 0 amide bonds. The molecule has 2 aromatic carbocycles. The quantitative estimate of drug-likeness (QED) is 0.761. The zero-order chi connectivity index (χ0) is 17.0. The van der Waals surface area contributed by atoms with Crippen molar-refractivity contribution >= 4 is 31.0 Å². The molecule has 0 bridgehead atoms. The molecule has 0 saturated carbocycles. The van der Waals surface area contributed by atoms with Crippen molar-refractivity contribution in [1.82, 2.24) is 0 Å². The molecule has 0 radical (unpaired) electrons. The van der Waals surface area contributed by atoms with Gasteiger partial charge in [0, 0.05) is 11.1 Å². The third kappa shape index (κ3) is 3.56. The summed E-state index contributed by atoms with van der Waals surface area (Å²) in [5.74, 6) is 1.78. The molecule has 120 valence electrons. The summed E-state index contributed by atoms with van der Waals surface area (Å²) in [6, 6.07) is 12.4. The van der Waals surface area contributed by atoms with Gasteiger partial charge in [-0.1, -0.05) is 47.8 Å². The van der Waals surface area contributed by atoms with Crippen molar-refractivity contribution < 1.29 is 9.47 Å². The number of methoxy groups -OCH3 is 2. The maximum Gasteiger partial charge on any atom is 0.126 e. The van der Waals surface area contributed by atoms with E-state index in [1.807, 2.05) is 38.1 Å². The molecule has 0 heterocycles. The lowest BCUT2D eigenvalue weighted by atomic mass is 10.1. The molecule has 2 aromatic rings. The van der Waals surface area contributed by atoms with Crippen molar-refractivity contribution in [3.8, 4) is 11.5 Å². The Labute approximate surface area is 141 Å². The van der Waals surface area contributed by atoms with E-state index in [2.05, 4.69) is 25.3 Å². The van der Waals surface area contributed by atoms with E-state index >= 15 is 0 Å². The summed E-state index contributed by atoms with van der Waals surface area (Å²) in [6.07, 6.45) is 0. The van der Waals surface area contributed by atoms with Crippen LogP contribution in [0.2, 0.25) is 0 Å². The largest absolute Gasteiger partial charge is 0.496 e. The van der Waals surface area contributed by atoms with Gasteiger partial charge >= 0.3 is 0 Å². The SMILES string of the molecule is C=C(C)c1c(OC)cccc1[SiH2]c1cccc(OC)c1C(=C)C. The van der Waals surface area contributed by atoms with Crippen LogP contribution in [0.1, 0.15) is 25.0 Å². The Morgan fingerprint density at radius 2 is 1.17 bits per heavy atom. The molecule has 0 fully saturated rings. The first-order valence-electron chi connectivity index (χ1n) is 7.63. The van der Waals surface area contributed by atoms with Gasteiger partial charge in [0.15, 0.2) is 0 Å². The van der Waals surface area contributed by atoms with Crippen LogP contribution in [0, 0.1) is 0 Å². The number of hydrogen-bond acceptors (Lipinski definition) is 2. The Balaban J connectivity index is 2.57. The summed E-state index contributed by atoms with van der Waals surface area (Å²) in [5.41, 5.74) is 4.34. The van der Waals surface area contributed by atoms with E-state index in [9.17, 15) is 0 Å². The summed E-state index contributed by atoms with van der Waals surface area (Å²) in [4.78, 5) is 0. The van der Waals surface area contributed by atoms with Crippen molar-refractivity contribution in [3.05, 3.63) is 60.7 Å². The number of ether oxygens (including phenoxy) is 2. The van der Waals surface area contributed by atoms with Gasteiger partial charge in [0.25, 0.3) is 0 Å². The van der Waals surface area contributed by atoms with Crippen LogP contribution in [-0.4, -0.2) is 23.7 Å². The van der Waals surface area contributed by atoms with Crippen LogP contribution in [0.5, 0.6) is 11.5 Å². The van der Waals surface area contributed by atoms with Gasteiger partial charge in [-0.15, -0.1) is 0 Å². The van der Waals surface area contributed by atoms with E-state index in [0.717, 1.165) is 33.8 Å². The van der Waals surface area contributed by atoms with E-state index in [4.69, 9.17) is 9.47 Å². The van der Waals surface area contributed by atoms with Crippen LogP contribution in [0.3, 0.4) is 0 Å². The Morgan fingerprint density at radius 1 is 0.783 bits per heavy atom. The summed E-state index contributed by atoms with van der Waals surface area (Å²) < 4.78 is 11.1. The molecule has 23 heavy (non-hydrogen) atoms. The standard InChI is InChI=1S/C20H24O2Si/c1-13(2)19-15(21-5)9-7-11-17(19)23-18-12-8-10-16(22-6)20(18)14(3)4/h7-12H,1,3,23H2,2,4-6H3. The Bertz CT molecular complexity index is 684. The lowest BCUT2D eigenvalue weighted by molar-refractivity contribution is 0.414. The van der Waals surface area contributed by atoms with Gasteiger partial charge in [-0.05, 0) is 37.1 Å². The summed E-state index contributed by atoms with van der Waals surface area (Å²) in [5, 5.41) is 2.65. The molecule has 0 aliphatic rings. The molecule has 0 aliphatic carbocycles. The normalized spacial score (nSPS) is 10.3. The van der Waals surface area contributed by atoms with Crippen molar-refractivity contribution in [2.45, 2.75) is 13.8 Å². The van der Waals surface area contributed by atoms with Crippen molar-refractivity contribution in [3.63, 3.8) is 0 Å². The predicted octanol–water partition coefficient (Wildman–Crippen LogP) is 2.89. The van der Waals surface area contributed by atoms with Gasteiger partial charge in [-0.3, -0.25) is 0 Å². The minimum Gasteiger partial charge on any atom is -0.496 e. The molecule has 0 N–H and O–H groups in total. The van der Waals surface area contributed by atoms with Crippen molar-refractivity contribution in [2.24, 2.45) is 0 Å². The lowest BCUT2D eigenvalue weighted by Crippen LogP contribution is -2.32. The topological polar surface area (TPSA) is 18.5 Å². The Morgan fingerprint density at radius 3 is 1.48 bits per heavy atom. The van der Waals surface area contributed by atoms with Crippen molar-refractivity contribution in [2.75, 3.05) is 14.2 Å². The highest BCUT2D eigenvalue weighted by molar-refractivity contribution is 6.69. The van der Waals surface area contributed by atoms with Gasteiger partial charge in [-0.2, -0.15) is 0 Å². The van der Waals surface area contributed by atoms with Gasteiger partial charge in [0.1, 0.15) is 11.5 Å². The molecule has 0 aromatic heterocycles. The van der Waals surface area contributed by atoms with Gasteiger partial charge in [-0.25, -0.2) is 0 Å². The molecule has 2 nitrogen and oxygen atoms in total. The van der Waals surface area contributed by atoms with Gasteiger partial charge in [0.05, 0.1) is 23.7 Å². The number of hydrogen-bond donors (Lipinski definition) is 0. The maximum absolute atomic E-state index is 5.53. The first kappa shape index (κ1) is 17.1. The van der Waals surface area contributed by atoms with E-state index < -0.39 is 9.52 Å². The van der Waals surface area contributed by atoms with Crippen LogP contribution in [-0.2, 0) is 0 Å². The third-order valence-electron chi connectivity index (χ3n) is 3.90. The van der Waals surface area contributed by atoms with E-state index in [1.54, 1.807) is 14.2 Å². The van der Waals surface area contributed by atoms with Gasteiger partial charge < -0.3 is 9.47 Å². The molecule has 2 rings (SSSR count). The highest BCUT2D eigenvalue weighted by Crippen LogP contribution is 2.24. The second-order valence-corrected chi connectivity index (χ2v) is 7.60. The zero-order valence-corrected chi connectivity index (χ0v) is 15.8. The minimum atomic E-state index is -0.721. The fourth-order valence-corrected chi connectivity index (χ4v) is 5.19. The van der Waals surface area contributed by atoms with E-state index in [1.165, 1.54) is 10.4 Å². The molecule has 0 atom stereocenters. The molecular formula is C20H24O2Si. The molecule has 3 heteroatoms. The van der Waals surface area contributed by atoms with E-state index in [0.29, 0.717) is 0 Å². The van der Waals surface area contributed by atoms with Crippen LogP contribution in [0.25, 0.3) is 11.1 Å². The molecule has 0 unspecified atom stereocenters. The average Bonchev–Trinajstić information content (AvgIpc) is 2.53. The van der Waals surface area contributed by atoms with Gasteiger partial charge in [0.2, 0.25) is 0 Å². The number of benzene rings is 2. The summed E-state index contributed by atoms with van der Waals surface area (Å²) in [7, 11) is 2.69. The summed E-state index contributed by atoms with van der Waals surface area (Å²) in [6.45, 7) is 12.3. The first-order chi connectivity index (χ1) is 11.0. The van der Waals surface area contributed by atoms with Crippen LogP contribution in [0.4, 0.5) is 0 Å². The fraction of sp³-hybridized carbons (Fsp3) is 0.200. The second-order valence-electron chi connectivity index (χ2n) is 5.73. The lowest BCUT2D eigenvalue weighted by Gasteiger charge is -2.17.